The summed E-state index contributed by atoms with van der Waals surface area (Å²) in [7, 11) is 5.98. The lowest BCUT2D eigenvalue weighted by molar-refractivity contribution is -0.883. The molecule has 1 N–H and O–H groups in total. The second kappa shape index (κ2) is 16.5. The summed E-state index contributed by atoms with van der Waals surface area (Å²) in [5, 5.41) is 13.5. The minimum atomic E-state index is -1.30. The maximum Gasteiger partial charge on any atom is 0.217 e. The predicted octanol–water partition coefficient (Wildman–Crippen LogP) is 3.18. The number of amides is 1. The van der Waals surface area contributed by atoms with Gasteiger partial charge < -0.3 is 19.7 Å². The van der Waals surface area contributed by atoms with Crippen molar-refractivity contribution in [3.05, 3.63) is 0 Å². The fraction of sp³-hybridized carbons (Fsp3) is 0.875. The van der Waals surface area contributed by atoms with Crippen LogP contribution in [0.15, 0.2) is 0 Å². The Morgan fingerprint density at radius 2 is 1.39 bits per heavy atom. The first-order valence-corrected chi connectivity index (χ1v) is 13.0. The Hall–Kier alpha value is -1.08. The molecule has 7 heteroatoms. The van der Waals surface area contributed by atoms with E-state index in [4.69, 9.17) is 0 Å². The van der Waals surface area contributed by atoms with Gasteiger partial charge in [-0.15, -0.1) is 0 Å². The molecular weight excluding hydrogens is 412 g/mol. The number of carboxylic acids is 1. The molecule has 0 aromatic rings. The van der Waals surface area contributed by atoms with Crippen LogP contribution in [0.4, 0.5) is 0 Å². The lowest BCUT2D eigenvalue weighted by Crippen LogP contribution is -2.52. The molecule has 1 amide bonds. The van der Waals surface area contributed by atoms with E-state index in [0.29, 0.717) is 16.7 Å². The van der Waals surface area contributed by atoms with Crippen molar-refractivity contribution in [3.8, 4) is 0 Å². The van der Waals surface area contributed by atoms with Crippen molar-refractivity contribution in [2.75, 3.05) is 32.6 Å². The molecule has 31 heavy (non-hydrogen) atoms. The van der Waals surface area contributed by atoms with Crippen molar-refractivity contribution in [3.63, 3.8) is 0 Å². The highest BCUT2D eigenvalue weighted by Gasteiger charge is 2.31. The van der Waals surface area contributed by atoms with Gasteiger partial charge in [0.2, 0.25) is 5.91 Å². The molecular formula is C24H46N2O4S. The molecule has 0 heterocycles. The molecule has 0 saturated carbocycles. The number of carbonyl (C=O) groups is 3. The summed E-state index contributed by atoms with van der Waals surface area (Å²) in [5.41, 5.74) is 0. The van der Waals surface area contributed by atoms with E-state index in [-0.39, 0.29) is 17.6 Å². The van der Waals surface area contributed by atoms with E-state index in [1.165, 1.54) is 63.6 Å². The van der Waals surface area contributed by atoms with Gasteiger partial charge in [0, 0.05) is 19.1 Å². The van der Waals surface area contributed by atoms with Crippen molar-refractivity contribution >= 4 is 29.4 Å². The molecule has 0 saturated heterocycles. The van der Waals surface area contributed by atoms with Crippen LogP contribution in [0.1, 0.15) is 85.0 Å². The van der Waals surface area contributed by atoms with E-state index in [2.05, 4.69) is 19.2 Å². The van der Waals surface area contributed by atoms with E-state index in [9.17, 15) is 19.5 Å². The number of unbranched alkanes of at least 4 members (excludes halogenated alkanes) is 7. The monoisotopic (exact) mass is 458 g/mol. The minimum Gasteiger partial charge on any atom is -0.548 e. The molecule has 0 spiro atoms. The summed E-state index contributed by atoms with van der Waals surface area (Å²) in [5.74, 6) is 0.0723. The third kappa shape index (κ3) is 16.2. The molecule has 0 aromatic carbocycles. The van der Waals surface area contributed by atoms with Crippen LogP contribution in [0.25, 0.3) is 0 Å². The highest BCUT2D eigenvalue weighted by atomic mass is 32.2. The van der Waals surface area contributed by atoms with Gasteiger partial charge in [0.05, 0.1) is 38.9 Å². The Morgan fingerprint density at radius 3 is 1.84 bits per heavy atom. The lowest BCUT2D eigenvalue weighted by Gasteiger charge is -2.33. The SMILES string of the molecule is CC(=O)N[C@@H](CSCC(C(=O)CCCCCCCCCCC(C)C)[N+](C)(C)C)C(=O)[O-]. The second-order valence-electron chi connectivity index (χ2n) is 9.97. The molecule has 0 aliphatic rings. The van der Waals surface area contributed by atoms with Crippen molar-refractivity contribution in [1.82, 2.24) is 5.32 Å². The third-order valence-corrected chi connectivity index (χ3v) is 6.60. The standard InChI is InChI=1S/C24H46N2O4S/c1-19(2)15-13-11-9-7-8-10-12-14-16-23(28)22(26(4,5)6)18-31-17-21(24(29)30)25-20(3)27/h19,21-22H,7-18H2,1-6H3,(H-,25,27,29,30)/t21-,22?/m0/s1. The summed E-state index contributed by atoms with van der Waals surface area (Å²) in [6.45, 7) is 5.84. The fourth-order valence-corrected chi connectivity index (χ4v) is 4.99. The first-order valence-electron chi connectivity index (χ1n) is 11.8. The van der Waals surface area contributed by atoms with Crippen molar-refractivity contribution in [2.24, 2.45) is 5.92 Å². The van der Waals surface area contributed by atoms with Crippen molar-refractivity contribution < 1.29 is 24.0 Å². The summed E-state index contributed by atoms with van der Waals surface area (Å²) < 4.78 is 0.512. The van der Waals surface area contributed by atoms with Gasteiger partial charge in [0.1, 0.15) is 0 Å². The molecule has 0 bridgehead atoms. The number of hydrogen-bond donors (Lipinski definition) is 1. The Balaban J connectivity index is 4.18. The van der Waals surface area contributed by atoms with Gasteiger partial charge in [0.25, 0.3) is 0 Å². The predicted molar refractivity (Wildman–Crippen MR) is 128 cm³/mol. The number of nitrogens with one attached hydrogen (secondary N) is 1. The number of quaternary nitrogens is 1. The Morgan fingerprint density at radius 1 is 0.871 bits per heavy atom. The fourth-order valence-electron chi connectivity index (χ4n) is 3.54. The minimum absolute atomic E-state index is 0.189. The molecule has 1 unspecified atom stereocenters. The maximum atomic E-state index is 12.8. The number of carbonyl (C=O) groups excluding carboxylic acids is 3. The van der Waals surface area contributed by atoms with E-state index < -0.39 is 17.9 Å². The van der Waals surface area contributed by atoms with Crippen LogP contribution in [0.3, 0.4) is 0 Å². The Labute approximate surface area is 194 Å². The largest absolute Gasteiger partial charge is 0.548 e. The normalized spacial score (nSPS) is 13.8. The van der Waals surface area contributed by atoms with E-state index in [0.717, 1.165) is 18.8 Å². The summed E-state index contributed by atoms with van der Waals surface area (Å²) in [4.78, 5) is 35.1. The molecule has 0 aromatic heterocycles. The molecule has 2 atom stereocenters. The second-order valence-corrected chi connectivity index (χ2v) is 11.0. The van der Waals surface area contributed by atoms with Gasteiger partial charge in [0.15, 0.2) is 11.8 Å². The average molecular weight is 459 g/mol. The van der Waals surface area contributed by atoms with E-state index >= 15 is 0 Å². The molecule has 6 nitrogen and oxygen atoms in total. The first kappa shape index (κ1) is 29.9. The number of nitrogens with zero attached hydrogens (tertiary/aromatic N) is 1. The number of hydrogen-bond acceptors (Lipinski definition) is 5. The van der Waals surface area contributed by atoms with Crippen LogP contribution in [-0.2, 0) is 14.4 Å². The lowest BCUT2D eigenvalue weighted by atomic mass is 10.0. The van der Waals surface area contributed by atoms with Crippen LogP contribution in [-0.4, -0.2) is 66.9 Å². The van der Waals surface area contributed by atoms with Gasteiger partial charge in [-0.25, -0.2) is 0 Å². The highest BCUT2D eigenvalue weighted by Crippen LogP contribution is 2.18. The number of aliphatic carboxylic acids is 1. The zero-order chi connectivity index (χ0) is 23.9. The highest BCUT2D eigenvalue weighted by molar-refractivity contribution is 7.99. The van der Waals surface area contributed by atoms with E-state index in [1.54, 1.807) is 0 Å². The zero-order valence-electron chi connectivity index (χ0n) is 20.7. The summed E-state index contributed by atoms with van der Waals surface area (Å²) in [6.07, 6.45) is 11.6. The van der Waals surface area contributed by atoms with Crippen LogP contribution in [0.2, 0.25) is 0 Å². The van der Waals surface area contributed by atoms with E-state index in [1.807, 2.05) is 21.1 Å². The summed E-state index contributed by atoms with van der Waals surface area (Å²) in [6, 6.07) is -1.22. The maximum absolute atomic E-state index is 12.8. The van der Waals surface area contributed by atoms with Gasteiger partial charge in [-0.3, -0.25) is 9.59 Å². The number of likely N-dealkylation sites (N-methyl/N-ethyl adjacent to an activating group) is 1. The topological polar surface area (TPSA) is 86.3 Å². The molecule has 0 rings (SSSR count). The molecule has 182 valence electrons. The number of ketones is 1. The number of thioether (sulfide) groups is 1. The van der Waals surface area contributed by atoms with Crippen molar-refractivity contribution in [1.29, 1.82) is 0 Å². The smallest absolute Gasteiger partial charge is 0.217 e. The zero-order valence-corrected chi connectivity index (χ0v) is 21.5. The Kier molecular flexibility index (Phi) is 16.0. The molecule has 0 fully saturated rings. The van der Waals surface area contributed by atoms with Gasteiger partial charge in [-0.1, -0.05) is 65.2 Å². The number of rotatable bonds is 19. The number of Topliss-reactive ketones (excluding diaryl/α,β-unsaturated/α-hetero) is 1. The van der Waals surface area contributed by atoms with Crippen LogP contribution >= 0.6 is 11.8 Å². The Bertz CT molecular complexity index is 532. The summed E-state index contributed by atoms with van der Waals surface area (Å²) >= 11 is 1.38. The third-order valence-electron chi connectivity index (χ3n) is 5.48. The van der Waals surface area contributed by atoms with Crippen LogP contribution in [0, 0.1) is 5.92 Å². The quantitative estimate of drug-likeness (QED) is 0.237. The van der Waals surface area contributed by atoms with Gasteiger partial charge in [-0.2, -0.15) is 11.8 Å². The molecule has 0 aliphatic carbocycles. The molecule has 0 aliphatic heterocycles. The van der Waals surface area contributed by atoms with Gasteiger partial charge in [-0.05, 0) is 12.3 Å². The number of carboxylic acid groups (broad SMARTS) is 1. The molecule has 0 radical (unpaired) electrons. The first-order chi connectivity index (χ1) is 14.4. The van der Waals surface area contributed by atoms with Crippen LogP contribution < -0.4 is 10.4 Å². The van der Waals surface area contributed by atoms with Gasteiger partial charge >= 0.3 is 0 Å². The van der Waals surface area contributed by atoms with Crippen molar-refractivity contribution in [2.45, 2.75) is 97.1 Å². The average Bonchev–Trinajstić information content (AvgIpc) is 2.63. The van der Waals surface area contributed by atoms with Crippen LogP contribution in [0.5, 0.6) is 0 Å².